The van der Waals surface area contributed by atoms with E-state index in [0.29, 0.717) is 42.5 Å². The molecule has 4 nitrogen and oxygen atoms in total. The zero-order valence-corrected chi connectivity index (χ0v) is 11.7. The second kappa shape index (κ2) is 6.95. The molecule has 1 aromatic carbocycles. The smallest absolute Gasteiger partial charge is 0.162 e. The van der Waals surface area contributed by atoms with Crippen molar-refractivity contribution >= 4 is 5.78 Å². The summed E-state index contributed by atoms with van der Waals surface area (Å²) < 4.78 is 11.2. The molecule has 1 aliphatic carbocycles. The highest BCUT2D eigenvalue weighted by atomic mass is 16.5. The molecule has 20 heavy (non-hydrogen) atoms. The van der Waals surface area contributed by atoms with E-state index in [2.05, 4.69) is 6.07 Å². The number of nitriles is 1. The van der Waals surface area contributed by atoms with Gasteiger partial charge in [0, 0.05) is 18.4 Å². The van der Waals surface area contributed by atoms with Crippen LogP contribution in [0.3, 0.4) is 0 Å². The third-order valence-corrected chi connectivity index (χ3v) is 3.53. The van der Waals surface area contributed by atoms with Crippen LogP contribution < -0.4 is 9.47 Å². The van der Waals surface area contributed by atoms with Crippen LogP contribution in [0.15, 0.2) is 18.2 Å². The number of benzene rings is 1. The topological polar surface area (TPSA) is 59.3 Å². The second-order valence-electron chi connectivity index (χ2n) is 4.90. The molecule has 0 aromatic heterocycles. The van der Waals surface area contributed by atoms with Crippen molar-refractivity contribution in [3.63, 3.8) is 0 Å². The molecule has 1 atom stereocenters. The molecule has 4 heteroatoms. The molecule has 0 saturated heterocycles. The minimum absolute atomic E-state index is 0.156. The Labute approximate surface area is 119 Å². The van der Waals surface area contributed by atoms with Gasteiger partial charge >= 0.3 is 0 Å². The molecular weight excluding hydrogens is 254 g/mol. The first-order chi connectivity index (χ1) is 9.74. The Balaban J connectivity index is 1.94. The summed E-state index contributed by atoms with van der Waals surface area (Å²) in [7, 11) is 0. The predicted octanol–water partition coefficient (Wildman–Crippen LogP) is 3.10. The first kappa shape index (κ1) is 14.4. The van der Waals surface area contributed by atoms with E-state index in [1.807, 2.05) is 6.92 Å². The van der Waals surface area contributed by atoms with E-state index in [9.17, 15) is 4.79 Å². The van der Waals surface area contributed by atoms with E-state index in [4.69, 9.17) is 14.7 Å². The molecule has 1 unspecified atom stereocenters. The molecule has 106 valence electrons. The zero-order valence-electron chi connectivity index (χ0n) is 11.7. The molecule has 0 amide bonds. The summed E-state index contributed by atoms with van der Waals surface area (Å²) in [6, 6.07) is 7.22. The molecular formula is C16H19NO3. The maximum Gasteiger partial charge on any atom is 0.162 e. The predicted molar refractivity (Wildman–Crippen MR) is 74.8 cm³/mol. The van der Waals surface area contributed by atoms with E-state index >= 15 is 0 Å². The van der Waals surface area contributed by atoms with E-state index < -0.39 is 0 Å². The quantitative estimate of drug-likeness (QED) is 0.799. The lowest BCUT2D eigenvalue weighted by Crippen LogP contribution is -2.11. The number of ether oxygens (including phenoxy) is 2. The number of carbonyl (C=O) groups excluding carboxylic acids is 1. The molecule has 1 fully saturated rings. The number of hydrogen-bond acceptors (Lipinski definition) is 4. The summed E-state index contributed by atoms with van der Waals surface area (Å²) in [4.78, 5) is 11.6. The maximum atomic E-state index is 11.6. The highest BCUT2D eigenvalue weighted by Gasteiger charge is 2.24. The Morgan fingerprint density at radius 3 is 2.85 bits per heavy atom. The van der Waals surface area contributed by atoms with Gasteiger partial charge in [0.1, 0.15) is 5.78 Å². The molecule has 1 aromatic rings. The SMILES string of the molecule is CCOc1cc(C#N)ccc1OCCC1CCCC1=O. The van der Waals surface area contributed by atoms with Gasteiger partial charge in [0.2, 0.25) is 0 Å². The Morgan fingerprint density at radius 1 is 1.35 bits per heavy atom. The lowest BCUT2D eigenvalue weighted by atomic mass is 10.0. The van der Waals surface area contributed by atoms with Crippen molar-refractivity contribution in [1.29, 1.82) is 5.26 Å². The summed E-state index contributed by atoms with van der Waals surface area (Å²) >= 11 is 0. The van der Waals surface area contributed by atoms with Crippen LogP contribution in [0.4, 0.5) is 0 Å². The second-order valence-corrected chi connectivity index (χ2v) is 4.90. The lowest BCUT2D eigenvalue weighted by Gasteiger charge is -2.13. The molecule has 1 aliphatic rings. The fourth-order valence-electron chi connectivity index (χ4n) is 2.47. The van der Waals surface area contributed by atoms with Gasteiger partial charge in [-0.1, -0.05) is 0 Å². The minimum Gasteiger partial charge on any atom is -0.490 e. The fraction of sp³-hybridized carbons (Fsp3) is 0.500. The van der Waals surface area contributed by atoms with Crippen molar-refractivity contribution in [2.24, 2.45) is 5.92 Å². The van der Waals surface area contributed by atoms with Gasteiger partial charge in [0.25, 0.3) is 0 Å². The van der Waals surface area contributed by atoms with Crippen LogP contribution in [0, 0.1) is 17.2 Å². The van der Waals surface area contributed by atoms with Gasteiger partial charge in [0.15, 0.2) is 11.5 Å². The fourth-order valence-corrected chi connectivity index (χ4v) is 2.47. The third-order valence-electron chi connectivity index (χ3n) is 3.53. The summed E-state index contributed by atoms with van der Waals surface area (Å²) in [5, 5.41) is 8.89. The summed E-state index contributed by atoms with van der Waals surface area (Å²) in [6.45, 7) is 2.91. The van der Waals surface area contributed by atoms with E-state index in [1.165, 1.54) is 0 Å². The molecule has 1 saturated carbocycles. The maximum absolute atomic E-state index is 11.6. The van der Waals surface area contributed by atoms with Gasteiger partial charge in [0.05, 0.1) is 24.8 Å². The van der Waals surface area contributed by atoms with Gasteiger partial charge in [-0.05, 0) is 38.3 Å². The third kappa shape index (κ3) is 3.51. The molecule has 0 bridgehead atoms. The number of Topliss-reactive ketones (excluding diaryl/α,β-unsaturated/α-hetero) is 1. The number of nitrogens with zero attached hydrogens (tertiary/aromatic N) is 1. The number of hydrogen-bond donors (Lipinski definition) is 0. The average molecular weight is 273 g/mol. The van der Waals surface area contributed by atoms with Crippen molar-refractivity contribution in [3.05, 3.63) is 23.8 Å². The molecule has 0 heterocycles. The molecule has 0 spiro atoms. The number of ketones is 1. The van der Waals surface area contributed by atoms with Crippen molar-refractivity contribution in [1.82, 2.24) is 0 Å². The Morgan fingerprint density at radius 2 is 2.20 bits per heavy atom. The largest absolute Gasteiger partial charge is 0.490 e. The highest BCUT2D eigenvalue weighted by Crippen LogP contribution is 2.30. The first-order valence-electron chi connectivity index (χ1n) is 7.07. The minimum atomic E-state index is 0.156. The lowest BCUT2D eigenvalue weighted by molar-refractivity contribution is -0.121. The molecule has 0 radical (unpaired) electrons. The van der Waals surface area contributed by atoms with E-state index in [1.54, 1.807) is 18.2 Å². The first-order valence-corrected chi connectivity index (χ1v) is 7.07. The van der Waals surface area contributed by atoms with Crippen LogP contribution in [-0.2, 0) is 4.79 Å². The molecule has 0 aliphatic heterocycles. The summed E-state index contributed by atoms with van der Waals surface area (Å²) in [5.41, 5.74) is 0.548. The van der Waals surface area contributed by atoms with Gasteiger partial charge in [-0.15, -0.1) is 0 Å². The zero-order chi connectivity index (χ0) is 14.4. The van der Waals surface area contributed by atoms with Gasteiger partial charge in [-0.2, -0.15) is 5.26 Å². The van der Waals surface area contributed by atoms with Gasteiger partial charge in [-0.3, -0.25) is 4.79 Å². The van der Waals surface area contributed by atoms with Gasteiger partial charge in [-0.25, -0.2) is 0 Å². The van der Waals surface area contributed by atoms with Crippen LogP contribution in [0.2, 0.25) is 0 Å². The molecule has 0 N–H and O–H groups in total. The van der Waals surface area contributed by atoms with Crippen LogP contribution in [-0.4, -0.2) is 19.0 Å². The normalized spacial score (nSPS) is 17.8. The van der Waals surface area contributed by atoms with Crippen molar-refractivity contribution in [2.45, 2.75) is 32.6 Å². The van der Waals surface area contributed by atoms with Crippen molar-refractivity contribution < 1.29 is 14.3 Å². The number of carbonyl (C=O) groups is 1. The highest BCUT2D eigenvalue weighted by molar-refractivity contribution is 5.82. The van der Waals surface area contributed by atoms with Crippen molar-refractivity contribution in [2.75, 3.05) is 13.2 Å². The Kier molecular flexibility index (Phi) is 5.00. The van der Waals surface area contributed by atoms with Crippen LogP contribution >= 0.6 is 0 Å². The van der Waals surface area contributed by atoms with E-state index in [0.717, 1.165) is 19.3 Å². The summed E-state index contributed by atoms with van der Waals surface area (Å²) in [5.74, 6) is 1.74. The Hall–Kier alpha value is -2.02. The van der Waals surface area contributed by atoms with Crippen LogP contribution in [0.5, 0.6) is 11.5 Å². The monoisotopic (exact) mass is 273 g/mol. The standard InChI is InChI=1S/C16H19NO3/c1-2-19-16-10-12(11-17)6-7-15(16)20-9-8-13-4-3-5-14(13)18/h6-7,10,13H,2-5,8-9H2,1H3. The average Bonchev–Trinajstić information content (AvgIpc) is 2.86. The number of rotatable bonds is 6. The Bertz CT molecular complexity index is 519. The van der Waals surface area contributed by atoms with Crippen LogP contribution in [0.1, 0.15) is 38.2 Å². The van der Waals surface area contributed by atoms with Gasteiger partial charge < -0.3 is 9.47 Å². The summed E-state index contributed by atoms with van der Waals surface area (Å²) in [6.07, 6.45) is 3.45. The van der Waals surface area contributed by atoms with E-state index in [-0.39, 0.29) is 5.92 Å². The van der Waals surface area contributed by atoms with Crippen molar-refractivity contribution in [3.8, 4) is 17.6 Å². The molecule has 2 rings (SSSR count). The van der Waals surface area contributed by atoms with Crippen LogP contribution in [0.25, 0.3) is 0 Å².